The smallest absolute Gasteiger partial charge is 0.170 e. The second-order valence-corrected chi connectivity index (χ2v) is 7.88. The second-order valence-electron chi connectivity index (χ2n) is 7.47. The third-order valence-corrected chi connectivity index (χ3v) is 5.72. The van der Waals surface area contributed by atoms with Crippen LogP contribution in [0.15, 0.2) is 84.9 Å². The van der Waals surface area contributed by atoms with Crippen LogP contribution < -0.4 is 10.6 Å². The Hall–Kier alpha value is -2.65. The Kier molecular flexibility index (Phi) is 7.83. The Balaban J connectivity index is 1.56. The zero-order chi connectivity index (χ0) is 20.5. The van der Waals surface area contributed by atoms with Gasteiger partial charge < -0.3 is 10.6 Å². The standard InChI is InChI=1S/C26H30N2S/c1-3-20(2)21-14-16-24(17-15-21)28-26(29)27-19-18-25(22-10-6-4-7-11-22)23-12-8-5-9-13-23/h4-17,20,25H,3,18-19H2,1-2H3,(H2,27,28,29). The molecule has 2 N–H and O–H groups in total. The van der Waals surface area contributed by atoms with Crippen molar-refractivity contribution in [2.75, 3.05) is 11.9 Å². The number of hydrogen-bond acceptors (Lipinski definition) is 1. The van der Waals surface area contributed by atoms with E-state index in [2.05, 4.69) is 109 Å². The van der Waals surface area contributed by atoms with Gasteiger partial charge in [-0.1, -0.05) is 86.6 Å². The molecule has 0 aliphatic heterocycles. The van der Waals surface area contributed by atoms with Gasteiger partial charge in [-0.2, -0.15) is 0 Å². The summed E-state index contributed by atoms with van der Waals surface area (Å²) in [5.74, 6) is 0.935. The van der Waals surface area contributed by atoms with Crippen LogP contribution in [-0.2, 0) is 0 Å². The maximum absolute atomic E-state index is 5.51. The van der Waals surface area contributed by atoms with Crippen LogP contribution in [0.2, 0.25) is 0 Å². The molecule has 3 aromatic carbocycles. The molecule has 0 aliphatic carbocycles. The molecule has 0 saturated carbocycles. The first-order valence-electron chi connectivity index (χ1n) is 10.4. The van der Waals surface area contributed by atoms with Crippen molar-refractivity contribution in [2.45, 2.75) is 38.5 Å². The second kappa shape index (κ2) is 10.8. The van der Waals surface area contributed by atoms with Crippen molar-refractivity contribution >= 4 is 23.0 Å². The zero-order valence-electron chi connectivity index (χ0n) is 17.3. The minimum Gasteiger partial charge on any atom is -0.362 e. The van der Waals surface area contributed by atoms with Gasteiger partial charge in [-0.3, -0.25) is 0 Å². The van der Waals surface area contributed by atoms with E-state index in [-0.39, 0.29) is 0 Å². The van der Waals surface area contributed by atoms with Gasteiger partial charge >= 0.3 is 0 Å². The lowest BCUT2D eigenvalue weighted by molar-refractivity contribution is 0.694. The molecular weight excluding hydrogens is 372 g/mol. The molecule has 2 nitrogen and oxygen atoms in total. The van der Waals surface area contributed by atoms with E-state index in [1.54, 1.807) is 0 Å². The fourth-order valence-corrected chi connectivity index (χ4v) is 3.75. The Morgan fingerprint density at radius 3 is 1.86 bits per heavy atom. The van der Waals surface area contributed by atoms with Gasteiger partial charge in [0.1, 0.15) is 0 Å². The summed E-state index contributed by atoms with van der Waals surface area (Å²) in [7, 11) is 0. The van der Waals surface area contributed by atoms with Crippen LogP contribution in [0.25, 0.3) is 0 Å². The van der Waals surface area contributed by atoms with Gasteiger partial charge in [-0.25, -0.2) is 0 Å². The fraction of sp³-hybridized carbons (Fsp3) is 0.269. The van der Waals surface area contributed by atoms with Crippen LogP contribution >= 0.6 is 12.2 Å². The third-order valence-electron chi connectivity index (χ3n) is 5.47. The van der Waals surface area contributed by atoms with Crippen molar-refractivity contribution in [3.8, 4) is 0 Å². The molecule has 1 atom stereocenters. The van der Waals surface area contributed by atoms with Crippen LogP contribution in [0.1, 0.15) is 55.2 Å². The largest absolute Gasteiger partial charge is 0.362 e. The highest BCUT2D eigenvalue weighted by atomic mass is 32.1. The SMILES string of the molecule is CCC(C)c1ccc(NC(=S)NCCC(c2ccccc2)c2ccccc2)cc1. The topological polar surface area (TPSA) is 24.1 Å². The van der Waals surface area contributed by atoms with Crippen molar-refractivity contribution in [3.63, 3.8) is 0 Å². The summed E-state index contributed by atoms with van der Waals surface area (Å²) in [6.45, 7) is 5.28. The highest BCUT2D eigenvalue weighted by Crippen LogP contribution is 2.27. The summed E-state index contributed by atoms with van der Waals surface area (Å²) in [6, 6.07) is 29.9. The van der Waals surface area contributed by atoms with Crippen molar-refractivity contribution < 1.29 is 0 Å². The van der Waals surface area contributed by atoms with Gasteiger partial charge in [0.2, 0.25) is 0 Å². The van der Waals surface area contributed by atoms with E-state index < -0.39 is 0 Å². The first-order chi connectivity index (χ1) is 14.2. The van der Waals surface area contributed by atoms with Crippen LogP contribution in [0.4, 0.5) is 5.69 Å². The van der Waals surface area contributed by atoms with Crippen LogP contribution in [-0.4, -0.2) is 11.7 Å². The molecule has 0 saturated heterocycles. The van der Waals surface area contributed by atoms with Gasteiger partial charge in [0.15, 0.2) is 5.11 Å². The highest BCUT2D eigenvalue weighted by molar-refractivity contribution is 7.80. The first-order valence-corrected chi connectivity index (χ1v) is 10.8. The molecule has 0 aromatic heterocycles. The van der Waals surface area contributed by atoms with Crippen molar-refractivity contribution in [2.24, 2.45) is 0 Å². The van der Waals surface area contributed by atoms with Crippen LogP contribution in [0, 0.1) is 0 Å². The van der Waals surface area contributed by atoms with Gasteiger partial charge in [-0.05, 0) is 59.8 Å². The number of hydrogen-bond donors (Lipinski definition) is 2. The zero-order valence-corrected chi connectivity index (χ0v) is 18.1. The predicted octanol–water partition coefficient (Wildman–Crippen LogP) is 6.71. The number of rotatable bonds is 8. The Labute approximate surface area is 180 Å². The minimum absolute atomic E-state index is 0.350. The third kappa shape index (κ3) is 6.16. The van der Waals surface area contributed by atoms with E-state index in [0.29, 0.717) is 16.9 Å². The van der Waals surface area contributed by atoms with Crippen molar-refractivity contribution in [1.29, 1.82) is 0 Å². The molecule has 0 heterocycles. The van der Waals surface area contributed by atoms with E-state index in [1.807, 2.05) is 0 Å². The molecule has 1 unspecified atom stereocenters. The summed E-state index contributed by atoms with van der Waals surface area (Å²) in [4.78, 5) is 0. The Morgan fingerprint density at radius 1 is 0.793 bits per heavy atom. The molecule has 0 spiro atoms. The average Bonchev–Trinajstić information content (AvgIpc) is 2.78. The molecule has 29 heavy (non-hydrogen) atoms. The molecule has 3 rings (SSSR count). The normalized spacial score (nSPS) is 11.8. The van der Waals surface area contributed by atoms with E-state index >= 15 is 0 Å². The highest BCUT2D eigenvalue weighted by Gasteiger charge is 2.13. The number of anilines is 1. The lowest BCUT2D eigenvalue weighted by Gasteiger charge is -2.19. The maximum Gasteiger partial charge on any atom is 0.170 e. The molecular formula is C26H30N2S. The molecule has 3 heteroatoms. The fourth-order valence-electron chi connectivity index (χ4n) is 3.53. The van der Waals surface area contributed by atoms with E-state index in [0.717, 1.165) is 25.1 Å². The van der Waals surface area contributed by atoms with E-state index in [1.165, 1.54) is 16.7 Å². The van der Waals surface area contributed by atoms with Gasteiger partial charge in [-0.15, -0.1) is 0 Å². The van der Waals surface area contributed by atoms with Crippen molar-refractivity contribution in [1.82, 2.24) is 5.32 Å². The lowest BCUT2D eigenvalue weighted by atomic mass is 9.88. The van der Waals surface area contributed by atoms with Crippen LogP contribution in [0.5, 0.6) is 0 Å². The average molecular weight is 403 g/mol. The summed E-state index contributed by atoms with van der Waals surface area (Å²) in [5.41, 5.74) is 5.06. The van der Waals surface area contributed by atoms with Gasteiger partial charge in [0, 0.05) is 18.2 Å². The number of nitrogens with one attached hydrogen (secondary N) is 2. The lowest BCUT2D eigenvalue weighted by Crippen LogP contribution is -2.30. The predicted molar refractivity (Wildman–Crippen MR) is 129 cm³/mol. The minimum atomic E-state index is 0.350. The Bertz CT molecular complexity index is 836. The monoisotopic (exact) mass is 402 g/mol. The molecule has 0 aliphatic rings. The van der Waals surface area contributed by atoms with E-state index in [9.17, 15) is 0 Å². The molecule has 0 amide bonds. The summed E-state index contributed by atoms with van der Waals surface area (Å²) < 4.78 is 0. The molecule has 3 aromatic rings. The molecule has 0 fully saturated rings. The summed E-state index contributed by atoms with van der Waals surface area (Å²) in [6.07, 6.45) is 2.12. The summed E-state index contributed by atoms with van der Waals surface area (Å²) in [5, 5.41) is 7.34. The van der Waals surface area contributed by atoms with Crippen molar-refractivity contribution in [3.05, 3.63) is 102 Å². The summed E-state index contributed by atoms with van der Waals surface area (Å²) >= 11 is 5.51. The molecule has 0 bridgehead atoms. The first kappa shape index (κ1) is 21.1. The Morgan fingerprint density at radius 2 is 1.34 bits per heavy atom. The van der Waals surface area contributed by atoms with E-state index in [4.69, 9.17) is 12.2 Å². The number of benzene rings is 3. The quantitative estimate of drug-likeness (QED) is 0.410. The molecule has 0 radical (unpaired) electrons. The van der Waals surface area contributed by atoms with Gasteiger partial charge in [0.05, 0.1) is 0 Å². The number of thiocarbonyl (C=S) groups is 1. The van der Waals surface area contributed by atoms with Crippen LogP contribution in [0.3, 0.4) is 0 Å². The maximum atomic E-state index is 5.51. The molecule has 150 valence electrons. The van der Waals surface area contributed by atoms with Gasteiger partial charge in [0.25, 0.3) is 0 Å².